The van der Waals surface area contributed by atoms with Gasteiger partial charge in [0.2, 0.25) is 5.91 Å². The molecule has 0 bridgehead atoms. The van der Waals surface area contributed by atoms with E-state index in [-0.39, 0.29) is 17.8 Å². The van der Waals surface area contributed by atoms with Gasteiger partial charge in [-0.25, -0.2) is 4.39 Å². The number of halogens is 1. The van der Waals surface area contributed by atoms with E-state index in [1.807, 2.05) is 26.0 Å². The minimum atomic E-state index is -0.254. The van der Waals surface area contributed by atoms with Gasteiger partial charge in [0.1, 0.15) is 11.6 Å². The van der Waals surface area contributed by atoms with E-state index in [1.54, 1.807) is 12.1 Å². The van der Waals surface area contributed by atoms with Crippen molar-refractivity contribution >= 4 is 5.91 Å². The van der Waals surface area contributed by atoms with Crippen molar-refractivity contribution in [1.29, 1.82) is 0 Å². The monoisotopic (exact) mass is 343 g/mol. The first-order valence-electron chi connectivity index (χ1n) is 8.79. The lowest BCUT2D eigenvalue weighted by Gasteiger charge is -2.11. The molecule has 25 heavy (non-hydrogen) atoms. The van der Waals surface area contributed by atoms with E-state index < -0.39 is 0 Å². The molecule has 134 valence electrons. The fraction of sp³-hybridized carbons (Fsp3) is 0.381. The second-order valence-electron chi connectivity index (χ2n) is 6.39. The van der Waals surface area contributed by atoms with Gasteiger partial charge in [0.25, 0.3) is 0 Å². The fourth-order valence-electron chi connectivity index (χ4n) is 2.56. The van der Waals surface area contributed by atoms with Gasteiger partial charge in [-0.3, -0.25) is 4.79 Å². The molecule has 0 unspecified atom stereocenters. The summed E-state index contributed by atoms with van der Waals surface area (Å²) in [7, 11) is 0. The maximum absolute atomic E-state index is 12.8. The third-order valence-electron chi connectivity index (χ3n) is 3.79. The van der Waals surface area contributed by atoms with Crippen LogP contribution in [0, 0.1) is 5.82 Å². The standard InChI is InChI=1S/C21H26FNO2/c1-16(2)25-20-7-3-5-18(15-20)6-4-14-23-21(24)13-10-17-8-11-19(22)12-9-17/h3,5,7-9,11-12,15-16H,4,6,10,13-14H2,1-2H3,(H,23,24). The fourth-order valence-corrected chi connectivity index (χ4v) is 2.56. The number of carbonyl (C=O) groups is 1. The number of aryl methyl sites for hydroxylation is 2. The van der Waals surface area contributed by atoms with Gasteiger partial charge >= 0.3 is 0 Å². The van der Waals surface area contributed by atoms with Gasteiger partial charge in [-0.15, -0.1) is 0 Å². The molecule has 2 aromatic carbocycles. The van der Waals surface area contributed by atoms with Crippen molar-refractivity contribution in [1.82, 2.24) is 5.32 Å². The van der Waals surface area contributed by atoms with Gasteiger partial charge in [-0.2, -0.15) is 0 Å². The van der Waals surface area contributed by atoms with Crippen molar-refractivity contribution in [2.45, 2.75) is 45.6 Å². The molecular weight excluding hydrogens is 317 g/mol. The molecule has 1 amide bonds. The summed E-state index contributed by atoms with van der Waals surface area (Å²) in [6, 6.07) is 14.4. The lowest BCUT2D eigenvalue weighted by Crippen LogP contribution is -2.25. The molecule has 0 saturated carbocycles. The van der Waals surface area contributed by atoms with Crippen molar-refractivity contribution in [3.63, 3.8) is 0 Å². The molecule has 0 saturated heterocycles. The highest BCUT2D eigenvalue weighted by Gasteiger charge is 2.03. The van der Waals surface area contributed by atoms with Crippen LogP contribution in [0.25, 0.3) is 0 Å². The molecule has 0 radical (unpaired) electrons. The Labute approximate surface area is 149 Å². The van der Waals surface area contributed by atoms with Gasteiger partial charge < -0.3 is 10.1 Å². The van der Waals surface area contributed by atoms with Gasteiger partial charge in [0.15, 0.2) is 0 Å². The van der Waals surface area contributed by atoms with E-state index in [0.29, 0.717) is 19.4 Å². The summed E-state index contributed by atoms with van der Waals surface area (Å²) in [5.74, 6) is 0.660. The number of hydrogen-bond donors (Lipinski definition) is 1. The lowest BCUT2D eigenvalue weighted by molar-refractivity contribution is -0.121. The number of nitrogens with one attached hydrogen (secondary N) is 1. The minimum absolute atomic E-state index is 0.0289. The Morgan fingerprint density at radius 2 is 1.84 bits per heavy atom. The van der Waals surface area contributed by atoms with Crippen molar-refractivity contribution < 1.29 is 13.9 Å². The number of hydrogen-bond acceptors (Lipinski definition) is 2. The predicted molar refractivity (Wildman–Crippen MR) is 98.3 cm³/mol. The number of benzene rings is 2. The van der Waals surface area contributed by atoms with Crippen LogP contribution in [0.15, 0.2) is 48.5 Å². The third-order valence-corrected chi connectivity index (χ3v) is 3.79. The topological polar surface area (TPSA) is 38.3 Å². The highest BCUT2D eigenvalue weighted by molar-refractivity contribution is 5.76. The first-order chi connectivity index (χ1) is 12.0. The molecule has 0 aliphatic carbocycles. The first-order valence-corrected chi connectivity index (χ1v) is 8.79. The molecule has 2 aromatic rings. The Balaban J connectivity index is 1.65. The zero-order valence-corrected chi connectivity index (χ0v) is 14.9. The van der Waals surface area contributed by atoms with Crippen LogP contribution in [0.5, 0.6) is 5.75 Å². The van der Waals surface area contributed by atoms with Crippen LogP contribution in [0.1, 0.15) is 37.8 Å². The van der Waals surface area contributed by atoms with Gasteiger partial charge in [-0.1, -0.05) is 24.3 Å². The molecule has 0 atom stereocenters. The van der Waals surface area contributed by atoms with Crippen LogP contribution in [-0.2, 0) is 17.6 Å². The zero-order valence-electron chi connectivity index (χ0n) is 14.9. The molecule has 0 fully saturated rings. The molecule has 0 heterocycles. The van der Waals surface area contributed by atoms with Crippen molar-refractivity contribution in [3.8, 4) is 5.75 Å². The lowest BCUT2D eigenvalue weighted by atomic mass is 10.1. The second kappa shape index (κ2) is 9.82. The molecular formula is C21H26FNO2. The molecule has 0 aromatic heterocycles. The molecule has 4 heteroatoms. The maximum atomic E-state index is 12.8. The number of ether oxygens (including phenoxy) is 1. The third kappa shape index (κ3) is 7.38. The van der Waals surface area contributed by atoms with Crippen molar-refractivity contribution in [2.24, 2.45) is 0 Å². The average Bonchev–Trinajstić information content (AvgIpc) is 2.58. The van der Waals surface area contributed by atoms with Crippen LogP contribution >= 0.6 is 0 Å². The summed E-state index contributed by atoms with van der Waals surface area (Å²) in [6.07, 6.45) is 2.99. The van der Waals surface area contributed by atoms with E-state index in [0.717, 1.165) is 24.2 Å². The van der Waals surface area contributed by atoms with E-state index in [1.165, 1.54) is 17.7 Å². The molecule has 1 N–H and O–H groups in total. The van der Waals surface area contributed by atoms with Gasteiger partial charge in [-0.05, 0) is 68.5 Å². The Bertz CT molecular complexity index is 668. The second-order valence-corrected chi connectivity index (χ2v) is 6.39. The molecule has 3 nitrogen and oxygen atoms in total. The van der Waals surface area contributed by atoms with Crippen molar-refractivity contribution in [2.75, 3.05) is 6.54 Å². The Morgan fingerprint density at radius 1 is 1.08 bits per heavy atom. The summed E-state index contributed by atoms with van der Waals surface area (Å²) in [6.45, 7) is 4.67. The number of carbonyl (C=O) groups excluding carboxylic acids is 1. The Kier molecular flexibility index (Phi) is 7.45. The maximum Gasteiger partial charge on any atom is 0.220 e. The summed E-state index contributed by atoms with van der Waals surface area (Å²) in [5.41, 5.74) is 2.18. The van der Waals surface area contributed by atoms with Crippen LogP contribution in [0.2, 0.25) is 0 Å². The highest BCUT2D eigenvalue weighted by Crippen LogP contribution is 2.16. The van der Waals surface area contributed by atoms with Crippen LogP contribution in [0.3, 0.4) is 0 Å². The van der Waals surface area contributed by atoms with E-state index in [2.05, 4.69) is 17.4 Å². The summed E-state index contributed by atoms with van der Waals surface area (Å²) < 4.78 is 18.5. The molecule has 2 rings (SSSR count). The summed E-state index contributed by atoms with van der Waals surface area (Å²) in [4.78, 5) is 11.9. The predicted octanol–water partition coefficient (Wildman–Crippen LogP) is 4.29. The Hall–Kier alpha value is -2.36. The van der Waals surface area contributed by atoms with E-state index in [4.69, 9.17) is 4.74 Å². The average molecular weight is 343 g/mol. The quantitative estimate of drug-likeness (QED) is 0.690. The SMILES string of the molecule is CC(C)Oc1cccc(CCCNC(=O)CCc2ccc(F)cc2)c1. The van der Waals surface area contributed by atoms with E-state index >= 15 is 0 Å². The van der Waals surface area contributed by atoms with Crippen LogP contribution in [-0.4, -0.2) is 18.6 Å². The highest BCUT2D eigenvalue weighted by atomic mass is 19.1. The first kappa shape index (κ1) is 19.0. The van der Waals surface area contributed by atoms with Gasteiger partial charge in [0.05, 0.1) is 6.10 Å². The molecule has 0 aliphatic rings. The number of amides is 1. The smallest absolute Gasteiger partial charge is 0.220 e. The summed E-state index contributed by atoms with van der Waals surface area (Å²) in [5, 5.41) is 2.94. The van der Waals surface area contributed by atoms with Gasteiger partial charge in [0, 0.05) is 13.0 Å². The van der Waals surface area contributed by atoms with Crippen molar-refractivity contribution in [3.05, 3.63) is 65.5 Å². The summed E-state index contributed by atoms with van der Waals surface area (Å²) >= 11 is 0. The van der Waals surface area contributed by atoms with E-state index in [9.17, 15) is 9.18 Å². The largest absolute Gasteiger partial charge is 0.491 e. The zero-order chi connectivity index (χ0) is 18.1. The minimum Gasteiger partial charge on any atom is -0.491 e. The molecule has 0 aliphatic heterocycles. The van der Waals surface area contributed by atoms with Crippen LogP contribution in [0.4, 0.5) is 4.39 Å². The Morgan fingerprint density at radius 3 is 2.56 bits per heavy atom. The normalized spacial score (nSPS) is 10.7. The van der Waals surface area contributed by atoms with Crippen LogP contribution < -0.4 is 10.1 Å². The number of rotatable bonds is 9. The molecule has 0 spiro atoms.